The van der Waals surface area contributed by atoms with Gasteiger partial charge in [0.15, 0.2) is 0 Å². The molecule has 5 nitrogen and oxygen atoms in total. The number of hydroxylamine groups is 1. The quantitative estimate of drug-likeness (QED) is 0.714. The maximum absolute atomic E-state index is 12.2. The fraction of sp³-hybridized carbons (Fsp3) is 0.400. The first-order valence-electron chi connectivity index (χ1n) is 9.09. The Labute approximate surface area is 160 Å². The zero-order chi connectivity index (χ0) is 20.0. The number of aryl methyl sites for hydroxylation is 1. The predicted molar refractivity (Wildman–Crippen MR) is 95.9 cm³/mol. The number of hydrogen-bond acceptors (Lipinski definition) is 5. The number of benzene rings is 1. The minimum Gasteiger partial charge on any atom is -0.493 e. The number of aromatic nitrogens is 1. The topological polar surface area (TPSA) is 60.5 Å². The second kappa shape index (κ2) is 9.05. The Morgan fingerprint density at radius 1 is 1.21 bits per heavy atom. The van der Waals surface area contributed by atoms with Crippen molar-refractivity contribution >= 4 is 5.97 Å². The highest BCUT2D eigenvalue weighted by atomic mass is 19.4. The van der Waals surface area contributed by atoms with E-state index in [4.69, 9.17) is 9.57 Å². The molecular formula is C20H21F3N2O3. The van der Waals surface area contributed by atoms with Gasteiger partial charge < -0.3 is 9.57 Å². The molecule has 3 rings (SSSR count). The first kappa shape index (κ1) is 20.1. The van der Waals surface area contributed by atoms with Crippen LogP contribution in [0.5, 0.6) is 5.75 Å². The number of carbonyl (C=O) groups is 1. The third-order valence-electron chi connectivity index (χ3n) is 4.62. The van der Waals surface area contributed by atoms with Gasteiger partial charge in [0.2, 0.25) is 0 Å². The van der Waals surface area contributed by atoms with Crippen LogP contribution in [0.2, 0.25) is 0 Å². The summed E-state index contributed by atoms with van der Waals surface area (Å²) in [5.41, 5.74) is 5.30. The van der Waals surface area contributed by atoms with Gasteiger partial charge >= 0.3 is 12.1 Å². The maximum Gasteiger partial charge on any atom is 0.392 e. The molecule has 28 heavy (non-hydrogen) atoms. The molecule has 0 saturated heterocycles. The number of alkyl halides is 3. The van der Waals surface area contributed by atoms with Gasteiger partial charge in [0.25, 0.3) is 0 Å². The van der Waals surface area contributed by atoms with E-state index in [9.17, 15) is 18.0 Å². The Morgan fingerprint density at radius 3 is 2.75 bits per heavy atom. The minimum atomic E-state index is -4.22. The molecule has 2 aromatic rings. The van der Waals surface area contributed by atoms with E-state index in [0.717, 1.165) is 30.4 Å². The third-order valence-corrected chi connectivity index (χ3v) is 4.62. The maximum atomic E-state index is 12.2. The van der Waals surface area contributed by atoms with Crippen molar-refractivity contribution in [1.29, 1.82) is 0 Å². The van der Waals surface area contributed by atoms with Crippen LogP contribution in [0.3, 0.4) is 0 Å². The molecule has 8 heteroatoms. The number of rotatable bonds is 7. The van der Waals surface area contributed by atoms with Crippen molar-refractivity contribution in [2.75, 3.05) is 13.2 Å². The largest absolute Gasteiger partial charge is 0.493 e. The van der Waals surface area contributed by atoms with Gasteiger partial charge in [-0.05, 0) is 60.6 Å². The number of hydrogen-bond donors (Lipinski definition) is 1. The summed E-state index contributed by atoms with van der Waals surface area (Å²) in [5.74, 6) is 0.116. The number of pyridine rings is 1. The van der Waals surface area contributed by atoms with Crippen LogP contribution in [0, 0.1) is 0 Å². The Balaban J connectivity index is 1.53. The zero-order valence-corrected chi connectivity index (χ0v) is 15.2. The SMILES string of the molecule is O=C(ONC[C@@H]1CCCc2cc(OCCC(F)(F)F)ccc21)c1ccncc1. The van der Waals surface area contributed by atoms with E-state index in [1.54, 1.807) is 24.3 Å². The average molecular weight is 394 g/mol. The molecule has 1 aliphatic rings. The summed E-state index contributed by atoms with van der Waals surface area (Å²) >= 11 is 0. The summed E-state index contributed by atoms with van der Waals surface area (Å²) in [4.78, 5) is 20.9. The van der Waals surface area contributed by atoms with Gasteiger partial charge in [-0.25, -0.2) is 4.79 Å². The molecule has 0 bridgehead atoms. The number of ether oxygens (including phenoxy) is 1. The molecule has 0 amide bonds. The van der Waals surface area contributed by atoms with Crippen LogP contribution in [0.25, 0.3) is 0 Å². The van der Waals surface area contributed by atoms with Gasteiger partial charge in [-0.15, -0.1) is 0 Å². The highest BCUT2D eigenvalue weighted by Crippen LogP contribution is 2.33. The lowest BCUT2D eigenvalue weighted by atomic mass is 9.83. The fourth-order valence-electron chi connectivity index (χ4n) is 3.23. The van der Waals surface area contributed by atoms with Crippen LogP contribution < -0.4 is 10.2 Å². The van der Waals surface area contributed by atoms with Gasteiger partial charge in [-0.2, -0.15) is 18.7 Å². The van der Waals surface area contributed by atoms with Gasteiger partial charge in [0.1, 0.15) is 5.75 Å². The molecule has 0 unspecified atom stereocenters. The summed E-state index contributed by atoms with van der Waals surface area (Å²) in [7, 11) is 0. The Morgan fingerprint density at radius 2 is 2.00 bits per heavy atom. The van der Waals surface area contributed by atoms with Crippen molar-refractivity contribution in [1.82, 2.24) is 10.5 Å². The Bertz CT molecular complexity index is 797. The normalized spacial score (nSPS) is 16.3. The van der Waals surface area contributed by atoms with Crippen molar-refractivity contribution in [3.8, 4) is 5.75 Å². The molecule has 1 aliphatic carbocycles. The van der Waals surface area contributed by atoms with E-state index in [0.29, 0.717) is 17.9 Å². The summed E-state index contributed by atoms with van der Waals surface area (Å²) in [5, 5.41) is 0. The van der Waals surface area contributed by atoms with Crippen molar-refractivity contribution < 1.29 is 27.5 Å². The van der Waals surface area contributed by atoms with Crippen LogP contribution in [0.4, 0.5) is 13.2 Å². The van der Waals surface area contributed by atoms with Crippen molar-refractivity contribution in [3.05, 3.63) is 59.4 Å². The van der Waals surface area contributed by atoms with Crippen LogP contribution in [-0.4, -0.2) is 30.3 Å². The first-order valence-corrected chi connectivity index (χ1v) is 9.09. The highest BCUT2D eigenvalue weighted by molar-refractivity contribution is 5.88. The molecule has 0 radical (unpaired) electrons. The van der Waals surface area contributed by atoms with Gasteiger partial charge in [-0.3, -0.25) is 4.98 Å². The second-order valence-corrected chi connectivity index (χ2v) is 6.64. The smallest absolute Gasteiger partial charge is 0.392 e. The summed E-state index contributed by atoms with van der Waals surface area (Å²) in [6, 6.07) is 8.52. The van der Waals surface area contributed by atoms with Crippen LogP contribution in [0.1, 0.15) is 46.7 Å². The molecule has 1 aromatic carbocycles. The van der Waals surface area contributed by atoms with E-state index in [2.05, 4.69) is 10.5 Å². The lowest BCUT2D eigenvalue weighted by Crippen LogP contribution is -2.27. The number of nitrogens with one attached hydrogen (secondary N) is 1. The van der Waals surface area contributed by atoms with E-state index in [1.807, 2.05) is 6.07 Å². The van der Waals surface area contributed by atoms with E-state index >= 15 is 0 Å². The molecule has 150 valence electrons. The van der Waals surface area contributed by atoms with Crippen LogP contribution in [-0.2, 0) is 11.3 Å². The highest BCUT2D eigenvalue weighted by Gasteiger charge is 2.27. The number of nitrogens with zero attached hydrogens (tertiary/aromatic N) is 1. The lowest BCUT2D eigenvalue weighted by molar-refractivity contribution is -0.139. The molecule has 0 aliphatic heterocycles. The zero-order valence-electron chi connectivity index (χ0n) is 15.2. The summed E-state index contributed by atoms with van der Waals surface area (Å²) in [6.45, 7) is 0.0658. The van der Waals surface area contributed by atoms with Crippen LogP contribution >= 0.6 is 0 Å². The first-order chi connectivity index (χ1) is 13.4. The fourth-order valence-corrected chi connectivity index (χ4v) is 3.23. The van der Waals surface area contributed by atoms with E-state index < -0.39 is 25.2 Å². The van der Waals surface area contributed by atoms with E-state index in [-0.39, 0.29) is 5.92 Å². The predicted octanol–water partition coefficient (Wildman–Crippen LogP) is 4.19. The van der Waals surface area contributed by atoms with Crippen molar-refractivity contribution in [2.24, 2.45) is 0 Å². The molecule has 1 aromatic heterocycles. The standard InChI is InChI=1S/C20H21F3N2O3/c21-20(22,23)8-11-27-17-4-5-18-15(12-17)2-1-3-16(18)13-25-28-19(26)14-6-9-24-10-7-14/h4-7,9-10,12,16,25H,1-3,8,11,13H2/t16-/m0/s1. The molecule has 0 fully saturated rings. The third kappa shape index (κ3) is 5.69. The van der Waals surface area contributed by atoms with Crippen molar-refractivity contribution in [3.63, 3.8) is 0 Å². The molecule has 1 heterocycles. The van der Waals surface area contributed by atoms with Gasteiger partial charge in [-0.1, -0.05) is 6.07 Å². The molecule has 1 N–H and O–H groups in total. The summed E-state index contributed by atoms with van der Waals surface area (Å²) < 4.78 is 42.0. The lowest BCUT2D eigenvalue weighted by Gasteiger charge is -2.26. The summed E-state index contributed by atoms with van der Waals surface area (Å²) in [6.07, 6.45) is 0.562. The Kier molecular flexibility index (Phi) is 6.51. The molecule has 0 saturated carbocycles. The molecule has 1 atom stereocenters. The Hall–Kier alpha value is -2.61. The molecule has 0 spiro atoms. The monoisotopic (exact) mass is 394 g/mol. The van der Waals surface area contributed by atoms with Gasteiger partial charge in [0, 0.05) is 18.9 Å². The minimum absolute atomic E-state index is 0.151. The number of halogens is 3. The van der Waals surface area contributed by atoms with Crippen molar-refractivity contribution in [2.45, 2.75) is 37.8 Å². The molecular weight excluding hydrogens is 373 g/mol. The van der Waals surface area contributed by atoms with E-state index in [1.165, 1.54) is 12.4 Å². The number of carbonyl (C=O) groups excluding carboxylic acids is 1. The average Bonchev–Trinajstić information content (AvgIpc) is 2.67. The second-order valence-electron chi connectivity index (χ2n) is 6.64. The number of fused-ring (bicyclic) bond motifs is 1. The van der Waals surface area contributed by atoms with Crippen LogP contribution in [0.15, 0.2) is 42.7 Å². The van der Waals surface area contributed by atoms with Gasteiger partial charge in [0.05, 0.1) is 18.6 Å².